The molecule has 1 aliphatic heterocycles. The second kappa shape index (κ2) is 5.31. The van der Waals surface area contributed by atoms with Crippen LogP contribution in [0.25, 0.3) is 0 Å². The molecule has 21 heavy (non-hydrogen) atoms. The van der Waals surface area contributed by atoms with Crippen molar-refractivity contribution in [1.29, 1.82) is 0 Å². The van der Waals surface area contributed by atoms with Gasteiger partial charge in [0.2, 0.25) is 0 Å². The zero-order valence-electron chi connectivity index (χ0n) is 11.7. The van der Waals surface area contributed by atoms with Gasteiger partial charge in [-0.3, -0.25) is 4.79 Å². The second-order valence-electron chi connectivity index (χ2n) is 5.20. The van der Waals surface area contributed by atoms with Crippen LogP contribution in [0.5, 0.6) is 0 Å². The van der Waals surface area contributed by atoms with Crippen LogP contribution in [-0.2, 0) is 6.54 Å². The summed E-state index contributed by atoms with van der Waals surface area (Å²) in [5.74, 6) is 0.546. The lowest BCUT2D eigenvalue weighted by atomic mass is 10.1. The molecule has 1 aromatic carbocycles. The summed E-state index contributed by atoms with van der Waals surface area (Å²) >= 11 is 0. The number of rotatable bonds is 4. The summed E-state index contributed by atoms with van der Waals surface area (Å²) in [7, 11) is 0. The van der Waals surface area contributed by atoms with Crippen LogP contribution in [0, 0.1) is 6.92 Å². The predicted molar refractivity (Wildman–Crippen MR) is 75.4 cm³/mol. The lowest BCUT2D eigenvalue weighted by molar-refractivity contribution is -0.00620. The first-order valence-electron chi connectivity index (χ1n) is 6.81. The van der Waals surface area contributed by atoms with Gasteiger partial charge in [0.25, 0.3) is 5.91 Å². The van der Waals surface area contributed by atoms with Crippen LogP contribution in [0.3, 0.4) is 0 Å². The van der Waals surface area contributed by atoms with E-state index in [0.29, 0.717) is 17.7 Å². The van der Waals surface area contributed by atoms with Crippen molar-refractivity contribution in [2.45, 2.75) is 25.8 Å². The molecule has 0 spiro atoms. The highest BCUT2D eigenvalue weighted by Crippen LogP contribution is 2.31. The van der Waals surface area contributed by atoms with Gasteiger partial charge in [-0.05, 0) is 13.0 Å². The van der Waals surface area contributed by atoms with Gasteiger partial charge in [0.05, 0.1) is 19.2 Å². The predicted octanol–water partition coefficient (Wildman–Crippen LogP) is 0.699. The smallest absolute Gasteiger partial charge is 0.256 e. The lowest BCUT2D eigenvalue weighted by Crippen LogP contribution is -2.37. The van der Waals surface area contributed by atoms with Crippen molar-refractivity contribution in [3.63, 3.8) is 0 Å². The SMILES string of the molecule is Cc1nccn1CC(O)CN1C(=O)c2ccccc2C1O. The topological polar surface area (TPSA) is 78.6 Å². The number of fused-ring (bicyclic) bond motifs is 1. The highest BCUT2D eigenvalue weighted by molar-refractivity contribution is 5.98. The van der Waals surface area contributed by atoms with Crippen LogP contribution < -0.4 is 0 Å². The van der Waals surface area contributed by atoms with E-state index in [0.717, 1.165) is 5.82 Å². The molecule has 0 radical (unpaired) electrons. The van der Waals surface area contributed by atoms with Crippen molar-refractivity contribution in [3.05, 3.63) is 53.6 Å². The Morgan fingerprint density at radius 1 is 1.33 bits per heavy atom. The monoisotopic (exact) mass is 287 g/mol. The van der Waals surface area contributed by atoms with Crippen molar-refractivity contribution >= 4 is 5.91 Å². The van der Waals surface area contributed by atoms with E-state index in [-0.39, 0.29) is 12.5 Å². The summed E-state index contributed by atoms with van der Waals surface area (Å²) in [6, 6.07) is 6.96. The highest BCUT2D eigenvalue weighted by Gasteiger charge is 2.36. The largest absolute Gasteiger partial charge is 0.389 e. The van der Waals surface area contributed by atoms with E-state index in [2.05, 4.69) is 4.98 Å². The van der Waals surface area contributed by atoms with Crippen LogP contribution in [0.1, 0.15) is 28.0 Å². The maximum Gasteiger partial charge on any atom is 0.256 e. The summed E-state index contributed by atoms with van der Waals surface area (Å²) in [5.41, 5.74) is 1.09. The summed E-state index contributed by atoms with van der Waals surface area (Å²) in [4.78, 5) is 17.6. The summed E-state index contributed by atoms with van der Waals surface area (Å²) < 4.78 is 1.81. The van der Waals surface area contributed by atoms with E-state index in [1.54, 1.807) is 36.7 Å². The van der Waals surface area contributed by atoms with Crippen molar-refractivity contribution < 1.29 is 15.0 Å². The Hall–Kier alpha value is -2.18. The zero-order valence-corrected chi connectivity index (χ0v) is 11.7. The summed E-state index contributed by atoms with van der Waals surface area (Å²) in [6.45, 7) is 2.25. The van der Waals surface area contributed by atoms with Crippen LogP contribution in [0.15, 0.2) is 36.7 Å². The third kappa shape index (κ3) is 2.43. The minimum atomic E-state index is -0.993. The molecule has 2 atom stereocenters. The summed E-state index contributed by atoms with van der Waals surface area (Å²) in [6.07, 6.45) is 1.67. The average molecular weight is 287 g/mol. The van der Waals surface area contributed by atoms with Gasteiger partial charge in [0.1, 0.15) is 5.82 Å². The molecule has 0 saturated carbocycles. The number of aromatic nitrogens is 2. The molecule has 2 N–H and O–H groups in total. The number of aliphatic hydroxyl groups excluding tert-OH is 2. The van der Waals surface area contributed by atoms with Gasteiger partial charge < -0.3 is 19.7 Å². The quantitative estimate of drug-likeness (QED) is 0.867. The minimum Gasteiger partial charge on any atom is -0.389 e. The van der Waals surface area contributed by atoms with Gasteiger partial charge in [-0.25, -0.2) is 4.98 Å². The molecular weight excluding hydrogens is 270 g/mol. The van der Waals surface area contributed by atoms with E-state index >= 15 is 0 Å². The Balaban J connectivity index is 1.72. The van der Waals surface area contributed by atoms with Gasteiger partial charge in [0.15, 0.2) is 6.23 Å². The van der Waals surface area contributed by atoms with Crippen LogP contribution in [-0.4, -0.2) is 43.2 Å². The maximum absolute atomic E-state index is 12.2. The molecular formula is C15H17N3O3. The summed E-state index contributed by atoms with van der Waals surface area (Å²) in [5, 5.41) is 20.4. The first-order chi connectivity index (χ1) is 10.1. The van der Waals surface area contributed by atoms with Crippen molar-refractivity contribution in [2.24, 2.45) is 0 Å². The molecule has 2 aromatic rings. The maximum atomic E-state index is 12.2. The third-order valence-electron chi connectivity index (χ3n) is 3.76. The van der Waals surface area contributed by atoms with Crippen molar-refractivity contribution in [3.8, 4) is 0 Å². The molecule has 0 fully saturated rings. The molecule has 1 aliphatic rings. The van der Waals surface area contributed by atoms with E-state index in [1.165, 1.54) is 4.90 Å². The van der Waals surface area contributed by atoms with E-state index in [1.807, 2.05) is 11.5 Å². The minimum absolute atomic E-state index is 0.0757. The number of amides is 1. The van der Waals surface area contributed by atoms with Crippen molar-refractivity contribution in [1.82, 2.24) is 14.5 Å². The highest BCUT2D eigenvalue weighted by atomic mass is 16.3. The first kappa shape index (κ1) is 13.8. The Kier molecular flexibility index (Phi) is 3.48. The molecule has 0 saturated heterocycles. The van der Waals surface area contributed by atoms with Gasteiger partial charge in [0, 0.05) is 23.5 Å². The number of β-amino-alcohol motifs (C(OH)–C–C–N with tert-alkyl or cyclic N) is 1. The molecule has 1 amide bonds. The Morgan fingerprint density at radius 3 is 2.76 bits per heavy atom. The number of carbonyl (C=O) groups is 1. The third-order valence-corrected chi connectivity index (χ3v) is 3.76. The van der Waals surface area contributed by atoms with Crippen LogP contribution in [0.4, 0.5) is 0 Å². The fraction of sp³-hybridized carbons (Fsp3) is 0.333. The number of nitrogens with zero attached hydrogens (tertiary/aromatic N) is 3. The van der Waals surface area contributed by atoms with Crippen molar-refractivity contribution in [2.75, 3.05) is 6.54 Å². The normalized spacial score (nSPS) is 18.9. The number of imidazole rings is 1. The van der Waals surface area contributed by atoms with Gasteiger partial charge in [-0.15, -0.1) is 0 Å². The van der Waals surface area contributed by atoms with Gasteiger partial charge >= 0.3 is 0 Å². The molecule has 6 nitrogen and oxygen atoms in total. The van der Waals surface area contributed by atoms with E-state index in [4.69, 9.17) is 0 Å². The zero-order chi connectivity index (χ0) is 15.0. The number of benzene rings is 1. The second-order valence-corrected chi connectivity index (χ2v) is 5.20. The standard InChI is InChI=1S/C15H17N3O3/c1-10-16-6-7-17(10)8-11(19)9-18-14(20)12-4-2-3-5-13(12)15(18)21/h2-7,11,14,19-20H,8-9H2,1H3. The number of hydrogen-bond acceptors (Lipinski definition) is 4. The van der Waals surface area contributed by atoms with E-state index < -0.39 is 12.3 Å². The van der Waals surface area contributed by atoms with Crippen LogP contribution >= 0.6 is 0 Å². The Bertz CT molecular complexity index is 668. The fourth-order valence-corrected chi connectivity index (χ4v) is 2.64. The molecule has 2 unspecified atom stereocenters. The fourth-order valence-electron chi connectivity index (χ4n) is 2.64. The number of aryl methyl sites for hydroxylation is 1. The Labute approximate surface area is 122 Å². The molecule has 3 rings (SSSR count). The molecule has 110 valence electrons. The average Bonchev–Trinajstić information content (AvgIpc) is 2.97. The molecule has 2 heterocycles. The van der Waals surface area contributed by atoms with E-state index in [9.17, 15) is 15.0 Å². The van der Waals surface area contributed by atoms with Gasteiger partial charge in [-0.2, -0.15) is 0 Å². The number of aliphatic hydroxyl groups is 2. The molecule has 6 heteroatoms. The first-order valence-corrected chi connectivity index (χ1v) is 6.81. The lowest BCUT2D eigenvalue weighted by Gasteiger charge is -2.24. The Morgan fingerprint density at radius 2 is 2.10 bits per heavy atom. The van der Waals surface area contributed by atoms with Gasteiger partial charge in [-0.1, -0.05) is 18.2 Å². The number of carbonyl (C=O) groups excluding carboxylic acids is 1. The molecule has 1 aromatic heterocycles. The molecule has 0 aliphatic carbocycles. The molecule has 0 bridgehead atoms. The number of hydrogen-bond donors (Lipinski definition) is 2. The van der Waals surface area contributed by atoms with Crippen LogP contribution in [0.2, 0.25) is 0 Å².